The van der Waals surface area contributed by atoms with Crippen molar-refractivity contribution in [3.8, 4) is 0 Å². The average Bonchev–Trinajstić information content (AvgIpc) is 2.34. The Labute approximate surface area is 130 Å². The zero-order chi connectivity index (χ0) is 16.0. The van der Waals surface area contributed by atoms with Crippen LogP contribution in [0.15, 0.2) is 0 Å². The molecule has 3 atom stereocenters. The van der Waals surface area contributed by atoms with E-state index in [1.807, 2.05) is 20.8 Å². The van der Waals surface area contributed by atoms with Crippen LogP contribution in [-0.4, -0.2) is 30.3 Å². The van der Waals surface area contributed by atoms with Crippen molar-refractivity contribution in [3.63, 3.8) is 0 Å². The molecule has 4 nitrogen and oxygen atoms in total. The number of amides is 1. The normalized spacial score (nSPS) is 28.0. The van der Waals surface area contributed by atoms with Gasteiger partial charge in [0, 0.05) is 18.6 Å². The minimum Gasteiger partial charge on any atom is -0.444 e. The average molecular weight is 298 g/mol. The van der Waals surface area contributed by atoms with E-state index in [0.29, 0.717) is 17.9 Å². The van der Waals surface area contributed by atoms with Crippen LogP contribution in [0.25, 0.3) is 0 Å². The molecule has 0 radical (unpaired) electrons. The number of alkyl carbamates (subject to hydrolysis) is 1. The maximum Gasteiger partial charge on any atom is 0.407 e. The second-order valence-corrected chi connectivity index (χ2v) is 7.57. The Hall–Kier alpha value is -0.770. The molecule has 1 amide bonds. The van der Waals surface area contributed by atoms with Crippen LogP contribution >= 0.6 is 0 Å². The third-order valence-electron chi connectivity index (χ3n) is 4.36. The molecular formula is C17H34N2O2. The Morgan fingerprint density at radius 3 is 2.29 bits per heavy atom. The van der Waals surface area contributed by atoms with Gasteiger partial charge in [-0.1, -0.05) is 27.2 Å². The zero-order valence-electron chi connectivity index (χ0n) is 14.7. The lowest BCUT2D eigenvalue weighted by Gasteiger charge is -2.36. The van der Waals surface area contributed by atoms with Gasteiger partial charge in [0.05, 0.1) is 0 Å². The van der Waals surface area contributed by atoms with E-state index >= 15 is 0 Å². The van der Waals surface area contributed by atoms with E-state index < -0.39 is 5.60 Å². The highest BCUT2D eigenvalue weighted by Crippen LogP contribution is 2.28. The van der Waals surface area contributed by atoms with Gasteiger partial charge >= 0.3 is 6.09 Å². The topological polar surface area (TPSA) is 50.4 Å². The molecule has 0 aromatic heterocycles. The Morgan fingerprint density at radius 1 is 1.24 bits per heavy atom. The number of nitrogens with one attached hydrogen (secondary N) is 2. The fourth-order valence-electron chi connectivity index (χ4n) is 3.13. The van der Waals surface area contributed by atoms with Gasteiger partial charge in [0.2, 0.25) is 0 Å². The van der Waals surface area contributed by atoms with Crippen molar-refractivity contribution in [1.29, 1.82) is 0 Å². The smallest absolute Gasteiger partial charge is 0.407 e. The molecule has 2 N–H and O–H groups in total. The number of rotatable bonds is 5. The number of carbonyl (C=O) groups excluding carboxylic acids is 1. The van der Waals surface area contributed by atoms with E-state index in [9.17, 15) is 4.79 Å². The van der Waals surface area contributed by atoms with E-state index in [4.69, 9.17) is 4.74 Å². The van der Waals surface area contributed by atoms with Gasteiger partial charge in [-0.15, -0.1) is 0 Å². The van der Waals surface area contributed by atoms with Gasteiger partial charge in [0.15, 0.2) is 0 Å². The summed E-state index contributed by atoms with van der Waals surface area (Å²) in [6.07, 6.45) is 4.53. The lowest BCUT2D eigenvalue weighted by molar-refractivity contribution is 0.0499. The standard InChI is InChI=1S/C17H34N2O2/c1-7-14(19-16(20)21-17(4,5)6)11-18-15-12(2)9-8-10-13(15)3/h12-15,18H,7-11H2,1-6H3,(H,19,20). The van der Waals surface area contributed by atoms with E-state index in [1.54, 1.807) is 0 Å². The molecule has 4 heteroatoms. The first-order valence-electron chi connectivity index (χ1n) is 8.45. The molecule has 0 spiro atoms. The number of carbonyl (C=O) groups is 1. The van der Waals surface area contributed by atoms with Gasteiger partial charge in [0.25, 0.3) is 0 Å². The molecule has 0 heterocycles. The van der Waals surface area contributed by atoms with Crippen molar-refractivity contribution < 1.29 is 9.53 Å². The fourth-order valence-corrected chi connectivity index (χ4v) is 3.13. The van der Waals surface area contributed by atoms with Gasteiger partial charge < -0.3 is 15.4 Å². The summed E-state index contributed by atoms with van der Waals surface area (Å²) < 4.78 is 5.33. The Kier molecular flexibility index (Phi) is 6.98. The highest BCUT2D eigenvalue weighted by Gasteiger charge is 2.28. The first-order chi connectivity index (χ1) is 9.73. The Balaban J connectivity index is 2.41. The number of hydrogen-bond acceptors (Lipinski definition) is 3. The van der Waals surface area contributed by atoms with Gasteiger partial charge in [-0.2, -0.15) is 0 Å². The summed E-state index contributed by atoms with van der Waals surface area (Å²) in [6.45, 7) is 13.2. The molecule has 1 saturated carbocycles. The van der Waals surface area contributed by atoms with Crippen LogP contribution < -0.4 is 10.6 Å². The summed E-state index contributed by atoms with van der Waals surface area (Å²) in [7, 11) is 0. The summed E-state index contributed by atoms with van der Waals surface area (Å²) in [6, 6.07) is 0.689. The van der Waals surface area contributed by atoms with Gasteiger partial charge in [-0.25, -0.2) is 4.79 Å². The molecule has 1 rings (SSSR count). The van der Waals surface area contributed by atoms with E-state index in [-0.39, 0.29) is 12.1 Å². The molecule has 0 aromatic carbocycles. The second kappa shape index (κ2) is 8.02. The number of ether oxygens (including phenoxy) is 1. The SMILES string of the molecule is CCC(CNC1C(C)CCCC1C)NC(=O)OC(C)(C)C. The van der Waals surface area contributed by atoms with Gasteiger partial charge in [-0.3, -0.25) is 0 Å². The van der Waals surface area contributed by atoms with Crippen LogP contribution in [0.3, 0.4) is 0 Å². The van der Waals surface area contributed by atoms with Crippen molar-refractivity contribution in [2.24, 2.45) is 11.8 Å². The van der Waals surface area contributed by atoms with Crippen LogP contribution in [0, 0.1) is 11.8 Å². The molecule has 1 aliphatic carbocycles. The minimum atomic E-state index is -0.442. The molecule has 21 heavy (non-hydrogen) atoms. The lowest BCUT2D eigenvalue weighted by Crippen LogP contribution is -2.50. The lowest BCUT2D eigenvalue weighted by atomic mass is 9.78. The summed E-state index contributed by atoms with van der Waals surface area (Å²) >= 11 is 0. The fraction of sp³-hybridized carbons (Fsp3) is 0.941. The second-order valence-electron chi connectivity index (χ2n) is 7.57. The van der Waals surface area contributed by atoms with Crippen molar-refractivity contribution in [3.05, 3.63) is 0 Å². The first kappa shape index (κ1) is 18.3. The summed E-state index contributed by atoms with van der Waals surface area (Å²) in [5.41, 5.74) is -0.442. The van der Waals surface area contributed by atoms with Crippen molar-refractivity contribution in [2.75, 3.05) is 6.54 Å². The zero-order valence-corrected chi connectivity index (χ0v) is 14.7. The summed E-state index contributed by atoms with van der Waals surface area (Å²) in [4.78, 5) is 11.8. The predicted octanol–water partition coefficient (Wildman–Crippen LogP) is 3.70. The van der Waals surface area contributed by atoms with Crippen LogP contribution in [0.4, 0.5) is 4.79 Å². The molecule has 124 valence electrons. The van der Waals surface area contributed by atoms with Gasteiger partial charge in [-0.05, 0) is 51.9 Å². The van der Waals surface area contributed by atoms with E-state index in [1.165, 1.54) is 19.3 Å². The van der Waals surface area contributed by atoms with Crippen molar-refractivity contribution in [2.45, 2.75) is 84.9 Å². The highest BCUT2D eigenvalue weighted by atomic mass is 16.6. The summed E-state index contributed by atoms with van der Waals surface area (Å²) in [5, 5.41) is 6.64. The van der Waals surface area contributed by atoms with Crippen LogP contribution in [0.2, 0.25) is 0 Å². The van der Waals surface area contributed by atoms with Crippen LogP contribution in [0.1, 0.15) is 67.2 Å². The molecule has 0 bridgehead atoms. The largest absolute Gasteiger partial charge is 0.444 e. The minimum absolute atomic E-state index is 0.126. The Bertz CT molecular complexity index is 315. The Morgan fingerprint density at radius 2 is 1.81 bits per heavy atom. The van der Waals surface area contributed by atoms with E-state index in [2.05, 4.69) is 31.4 Å². The molecular weight excluding hydrogens is 264 g/mol. The molecule has 0 saturated heterocycles. The van der Waals surface area contributed by atoms with Crippen molar-refractivity contribution >= 4 is 6.09 Å². The van der Waals surface area contributed by atoms with Crippen LogP contribution in [-0.2, 0) is 4.74 Å². The third-order valence-corrected chi connectivity index (χ3v) is 4.36. The van der Waals surface area contributed by atoms with E-state index in [0.717, 1.165) is 13.0 Å². The molecule has 1 aliphatic rings. The molecule has 3 unspecified atom stereocenters. The third kappa shape index (κ3) is 6.68. The quantitative estimate of drug-likeness (QED) is 0.813. The monoisotopic (exact) mass is 298 g/mol. The highest BCUT2D eigenvalue weighted by molar-refractivity contribution is 5.68. The van der Waals surface area contributed by atoms with Gasteiger partial charge in [0.1, 0.15) is 5.60 Å². The van der Waals surface area contributed by atoms with Crippen molar-refractivity contribution in [1.82, 2.24) is 10.6 Å². The predicted molar refractivity (Wildman–Crippen MR) is 87.4 cm³/mol. The first-order valence-corrected chi connectivity index (χ1v) is 8.45. The molecule has 1 fully saturated rings. The van der Waals surface area contributed by atoms with Crippen LogP contribution in [0.5, 0.6) is 0 Å². The molecule has 0 aromatic rings. The maximum atomic E-state index is 11.8. The maximum absolute atomic E-state index is 11.8. The number of hydrogen-bond donors (Lipinski definition) is 2. The molecule has 0 aliphatic heterocycles. The summed E-state index contributed by atoms with van der Waals surface area (Å²) in [5.74, 6) is 1.43.